The average molecular weight is 363 g/mol. The summed E-state index contributed by atoms with van der Waals surface area (Å²) in [6, 6.07) is 11.3. The summed E-state index contributed by atoms with van der Waals surface area (Å²) in [5.41, 5.74) is 3.31. The second-order valence-corrected chi connectivity index (χ2v) is 7.00. The Bertz CT molecular complexity index is 658. The molecule has 0 amide bonds. The molecule has 0 saturated carbocycles. The van der Waals surface area contributed by atoms with Gasteiger partial charge < -0.3 is 9.84 Å². The lowest BCUT2D eigenvalue weighted by Crippen LogP contribution is -2.50. The van der Waals surface area contributed by atoms with Gasteiger partial charge in [-0.05, 0) is 19.9 Å². The molecule has 25 heavy (non-hydrogen) atoms. The maximum atomic E-state index is 5.56. The van der Waals surface area contributed by atoms with Crippen molar-refractivity contribution in [2.45, 2.75) is 25.9 Å². The summed E-state index contributed by atoms with van der Waals surface area (Å²) in [6.45, 7) is 9.81. The first kappa shape index (κ1) is 18.4. The van der Waals surface area contributed by atoms with Crippen molar-refractivity contribution in [1.29, 1.82) is 0 Å². The standard InChI is InChI=1S/C19H26N4O.ClH/c1-15-2-4-16(5-3-15)19-12-18(24-21-19)14-22-8-10-23(11-9-22)17-6-7-20-13-17;/h2-5,12,17,20H,6-11,13-14H2,1H3;1H. The van der Waals surface area contributed by atoms with Crippen molar-refractivity contribution in [3.63, 3.8) is 0 Å². The van der Waals surface area contributed by atoms with E-state index < -0.39 is 0 Å². The maximum Gasteiger partial charge on any atom is 0.151 e. The molecule has 2 aliphatic heterocycles. The van der Waals surface area contributed by atoms with Crippen molar-refractivity contribution in [2.75, 3.05) is 39.3 Å². The molecule has 3 heterocycles. The minimum absolute atomic E-state index is 0. The highest BCUT2D eigenvalue weighted by molar-refractivity contribution is 5.85. The third kappa shape index (κ3) is 4.42. The van der Waals surface area contributed by atoms with E-state index in [4.69, 9.17) is 4.52 Å². The molecule has 6 heteroatoms. The second-order valence-electron chi connectivity index (χ2n) is 7.00. The van der Waals surface area contributed by atoms with Crippen molar-refractivity contribution < 1.29 is 4.52 Å². The number of halogens is 1. The van der Waals surface area contributed by atoms with Gasteiger partial charge in [-0.1, -0.05) is 35.0 Å². The summed E-state index contributed by atoms with van der Waals surface area (Å²) < 4.78 is 5.56. The quantitative estimate of drug-likeness (QED) is 0.905. The first-order valence-corrected chi connectivity index (χ1v) is 8.98. The van der Waals surface area contributed by atoms with E-state index in [-0.39, 0.29) is 12.4 Å². The molecule has 0 radical (unpaired) electrons. The minimum Gasteiger partial charge on any atom is -0.359 e. The molecular formula is C19H27ClN4O. The Balaban J connectivity index is 0.00000182. The molecule has 2 aromatic rings. The van der Waals surface area contributed by atoms with Crippen LogP contribution in [0.5, 0.6) is 0 Å². The van der Waals surface area contributed by atoms with Crippen LogP contribution < -0.4 is 5.32 Å². The van der Waals surface area contributed by atoms with Gasteiger partial charge in [0.1, 0.15) is 5.69 Å². The summed E-state index contributed by atoms with van der Waals surface area (Å²) in [4.78, 5) is 5.10. The van der Waals surface area contributed by atoms with Crippen molar-refractivity contribution in [2.24, 2.45) is 0 Å². The second kappa shape index (κ2) is 8.32. The predicted octanol–water partition coefficient (Wildman–Crippen LogP) is 2.55. The van der Waals surface area contributed by atoms with Gasteiger partial charge >= 0.3 is 0 Å². The van der Waals surface area contributed by atoms with E-state index in [0.29, 0.717) is 0 Å². The first-order valence-electron chi connectivity index (χ1n) is 8.98. The molecule has 0 spiro atoms. The number of aryl methyl sites for hydroxylation is 1. The van der Waals surface area contributed by atoms with Crippen LogP contribution in [0.15, 0.2) is 34.9 Å². The van der Waals surface area contributed by atoms with Gasteiger partial charge in [-0.25, -0.2) is 0 Å². The number of hydrogen-bond donors (Lipinski definition) is 1. The van der Waals surface area contributed by atoms with Gasteiger partial charge in [-0.3, -0.25) is 9.80 Å². The summed E-state index contributed by atoms with van der Waals surface area (Å²) in [7, 11) is 0. The molecule has 5 nitrogen and oxygen atoms in total. The largest absolute Gasteiger partial charge is 0.359 e. The van der Waals surface area contributed by atoms with Crippen LogP contribution in [-0.2, 0) is 6.54 Å². The zero-order valence-electron chi connectivity index (χ0n) is 14.8. The van der Waals surface area contributed by atoms with Crippen LogP contribution in [0, 0.1) is 6.92 Å². The van der Waals surface area contributed by atoms with Crippen molar-refractivity contribution in [3.8, 4) is 11.3 Å². The number of hydrogen-bond acceptors (Lipinski definition) is 5. The highest BCUT2D eigenvalue weighted by atomic mass is 35.5. The van der Waals surface area contributed by atoms with E-state index in [1.54, 1.807) is 0 Å². The molecule has 2 fully saturated rings. The third-order valence-electron chi connectivity index (χ3n) is 5.24. The highest BCUT2D eigenvalue weighted by Crippen LogP contribution is 2.21. The molecular weight excluding hydrogens is 336 g/mol. The summed E-state index contributed by atoms with van der Waals surface area (Å²) in [5.74, 6) is 0.960. The van der Waals surface area contributed by atoms with E-state index >= 15 is 0 Å². The predicted molar refractivity (Wildman–Crippen MR) is 102 cm³/mol. The number of benzene rings is 1. The molecule has 1 atom stereocenters. The van der Waals surface area contributed by atoms with Crippen LogP contribution in [-0.4, -0.2) is 60.3 Å². The first-order chi connectivity index (χ1) is 11.8. The van der Waals surface area contributed by atoms with Crippen LogP contribution in [0.1, 0.15) is 17.7 Å². The molecule has 1 aromatic heterocycles. The number of nitrogens with one attached hydrogen (secondary N) is 1. The van der Waals surface area contributed by atoms with Crippen LogP contribution in [0.3, 0.4) is 0 Å². The van der Waals surface area contributed by atoms with Crippen LogP contribution >= 0.6 is 12.4 Å². The monoisotopic (exact) mass is 362 g/mol. The molecule has 1 N–H and O–H groups in total. The van der Waals surface area contributed by atoms with E-state index in [1.807, 2.05) is 0 Å². The lowest BCUT2D eigenvalue weighted by molar-refractivity contribution is 0.0920. The van der Waals surface area contributed by atoms with E-state index in [0.717, 1.165) is 62.3 Å². The summed E-state index contributed by atoms with van der Waals surface area (Å²) in [5, 5.41) is 7.70. The lowest BCUT2D eigenvalue weighted by atomic mass is 10.1. The Morgan fingerprint density at radius 3 is 2.60 bits per heavy atom. The Kier molecular flexibility index (Phi) is 6.12. The van der Waals surface area contributed by atoms with Gasteiger partial charge in [0.2, 0.25) is 0 Å². The molecule has 2 aliphatic rings. The Hall–Kier alpha value is -1.40. The van der Waals surface area contributed by atoms with Crippen molar-refractivity contribution in [1.82, 2.24) is 20.3 Å². The van der Waals surface area contributed by atoms with Crippen LogP contribution in [0.4, 0.5) is 0 Å². The van der Waals surface area contributed by atoms with Gasteiger partial charge in [0.15, 0.2) is 5.76 Å². The maximum absolute atomic E-state index is 5.56. The number of nitrogens with zero attached hydrogens (tertiary/aromatic N) is 3. The van der Waals surface area contributed by atoms with E-state index in [2.05, 4.69) is 57.5 Å². The molecule has 4 rings (SSSR count). The Morgan fingerprint density at radius 1 is 1.16 bits per heavy atom. The minimum atomic E-state index is 0. The van der Waals surface area contributed by atoms with Crippen molar-refractivity contribution in [3.05, 3.63) is 41.7 Å². The number of piperazine rings is 1. The molecule has 2 saturated heterocycles. The summed E-state index contributed by atoms with van der Waals surface area (Å²) >= 11 is 0. The zero-order valence-corrected chi connectivity index (χ0v) is 15.6. The molecule has 1 unspecified atom stereocenters. The van der Waals surface area contributed by atoms with E-state index in [9.17, 15) is 0 Å². The molecule has 136 valence electrons. The van der Waals surface area contributed by atoms with Gasteiger partial charge in [0.25, 0.3) is 0 Å². The fraction of sp³-hybridized carbons (Fsp3) is 0.526. The summed E-state index contributed by atoms with van der Waals surface area (Å²) in [6.07, 6.45) is 1.29. The Morgan fingerprint density at radius 2 is 1.92 bits per heavy atom. The normalized spacial score (nSPS) is 22.0. The SMILES string of the molecule is Cc1ccc(-c2cc(CN3CCN(C4CCNC4)CC3)on2)cc1.Cl. The highest BCUT2D eigenvalue weighted by Gasteiger charge is 2.26. The van der Waals surface area contributed by atoms with Gasteiger partial charge in [-0.15, -0.1) is 12.4 Å². The molecule has 1 aromatic carbocycles. The smallest absolute Gasteiger partial charge is 0.151 e. The number of aromatic nitrogens is 1. The third-order valence-corrected chi connectivity index (χ3v) is 5.24. The topological polar surface area (TPSA) is 44.5 Å². The number of rotatable bonds is 4. The lowest BCUT2D eigenvalue weighted by Gasteiger charge is -2.37. The van der Waals surface area contributed by atoms with E-state index in [1.165, 1.54) is 18.5 Å². The van der Waals surface area contributed by atoms with Crippen LogP contribution in [0.25, 0.3) is 11.3 Å². The van der Waals surface area contributed by atoms with Gasteiger partial charge in [-0.2, -0.15) is 0 Å². The Labute approximate surface area is 155 Å². The van der Waals surface area contributed by atoms with Crippen molar-refractivity contribution >= 4 is 12.4 Å². The average Bonchev–Trinajstić information content (AvgIpc) is 3.28. The molecule has 0 aliphatic carbocycles. The fourth-order valence-corrected chi connectivity index (χ4v) is 3.71. The van der Waals surface area contributed by atoms with Gasteiger partial charge in [0, 0.05) is 50.4 Å². The fourth-order valence-electron chi connectivity index (χ4n) is 3.71. The van der Waals surface area contributed by atoms with Gasteiger partial charge in [0.05, 0.1) is 6.54 Å². The molecule has 0 bridgehead atoms. The zero-order chi connectivity index (χ0) is 16.4. The van der Waals surface area contributed by atoms with Crippen LogP contribution in [0.2, 0.25) is 0 Å².